The number of halogens is 5. The Balaban J connectivity index is 1.94. The highest BCUT2D eigenvalue weighted by Crippen LogP contribution is 2.48. The molecule has 1 aliphatic rings. The molecule has 1 fully saturated rings. The summed E-state index contributed by atoms with van der Waals surface area (Å²) in [4.78, 5) is 12.1. The van der Waals surface area contributed by atoms with Gasteiger partial charge in [0.2, 0.25) is 34.8 Å². The first-order chi connectivity index (χ1) is 15.4. The summed E-state index contributed by atoms with van der Waals surface area (Å²) >= 11 is 0. The van der Waals surface area contributed by atoms with Crippen LogP contribution in [0.25, 0.3) is 0 Å². The molecule has 1 saturated carbocycles. The van der Waals surface area contributed by atoms with Crippen molar-refractivity contribution in [1.29, 1.82) is 0 Å². The minimum Gasteiger partial charge on any atom is -0.462 e. The number of carbonyl (C=O) groups excluding carboxylic acids is 1. The third-order valence-electron chi connectivity index (χ3n) is 4.59. The second-order valence-corrected chi connectivity index (χ2v) is 9.38. The van der Waals surface area contributed by atoms with E-state index in [4.69, 9.17) is 13.8 Å². The second kappa shape index (κ2) is 9.69. The van der Waals surface area contributed by atoms with Gasteiger partial charge in [-0.15, -0.1) is 0 Å². The number of carbonyl (C=O) groups is 1. The van der Waals surface area contributed by atoms with Crippen molar-refractivity contribution >= 4 is 13.7 Å². The molecule has 0 radical (unpaired) electrons. The molecule has 0 aliphatic heterocycles. The number of hydrogen-bond acceptors (Lipinski definition) is 5. The molecule has 1 aliphatic carbocycles. The van der Waals surface area contributed by atoms with Crippen LogP contribution in [0.1, 0.15) is 45.1 Å². The Hall–Kier alpha value is -2.65. The van der Waals surface area contributed by atoms with E-state index < -0.39 is 60.7 Å². The molecule has 0 aromatic heterocycles. The monoisotopic (exact) mass is 493 g/mol. The number of hydrogen-bond donors (Lipinski definition) is 1. The van der Waals surface area contributed by atoms with Crippen LogP contribution in [0.3, 0.4) is 0 Å². The van der Waals surface area contributed by atoms with Gasteiger partial charge in [-0.25, -0.2) is 17.7 Å². The molecule has 0 amide bonds. The third kappa shape index (κ3) is 5.83. The van der Waals surface area contributed by atoms with Crippen molar-refractivity contribution in [3.8, 4) is 11.5 Å². The Morgan fingerprint density at radius 3 is 1.91 bits per heavy atom. The smallest absolute Gasteiger partial charge is 0.462 e. The molecule has 2 aromatic rings. The lowest BCUT2D eigenvalue weighted by Gasteiger charge is -2.24. The van der Waals surface area contributed by atoms with Crippen molar-refractivity contribution in [1.82, 2.24) is 5.09 Å². The third-order valence-corrected chi connectivity index (χ3v) is 6.17. The Bertz CT molecular complexity index is 1060. The van der Waals surface area contributed by atoms with Gasteiger partial charge in [0.1, 0.15) is 11.8 Å². The Labute approximate surface area is 186 Å². The van der Waals surface area contributed by atoms with E-state index in [-0.39, 0.29) is 5.75 Å². The largest absolute Gasteiger partial charge is 0.513 e. The first-order valence-corrected chi connectivity index (χ1v) is 11.5. The summed E-state index contributed by atoms with van der Waals surface area (Å²) in [5.41, 5.74) is 0.986. The summed E-state index contributed by atoms with van der Waals surface area (Å²) in [5, 5.41) is 2.12. The Morgan fingerprint density at radius 1 is 0.909 bits per heavy atom. The number of nitrogens with one attached hydrogen (secondary N) is 1. The van der Waals surface area contributed by atoms with Crippen molar-refractivity contribution in [3.05, 3.63) is 58.9 Å². The van der Waals surface area contributed by atoms with E-state index in [2.05, 4.69) is 5.09 Å². The van der Waals surface area contributed by atoms with E-state index in [1.807, 2.05) is 0 Å². The summed E-state index contributed by atoms with van der Waals surface area (Å²) in [7, 11) is -4.94. The van der Waals surface area contributed by atoms with Crippen molar-refractivity contribution in [3.63, 3.8) is 0 Å². The highest BCUT2D eigenvalue weighted by atomic mass is 31.2. The lowest BCUT2D eigenvalue weighted by molar-refractivity contribution is -0.149. The standard InChI is InChI=1S/C21H21F5NO5P/c1-10(2)30-21(28)11(3)27-33(29,31-14-8-6-13(7-9-14)12-4-5-12)32-20-18(25)16(23)15(22)17(24)19(20)26/h6-12H,4-5H2,1-3H3,(H,27,29)/t11-,33-/m0/s1. The van der Waals surface area contributed by atoms with E-state index in [1.54, 1.807) is 26.0 Å². The van der Waals surface area contributed by atoms with Gasteiger partial charge in [-0.1, -0.05) is 12.1 Å². The van der Waals surface area contributed by atoms with Gasteiger partial charge in [0.05, 0.1) is 6.10 Å². The van der Waals surface area contributed by atoms with Crippen LogP contribution in [0, 0.1) is 29.1 Å². The van der Waals surface area contributed by atoms with E-state index in [0.29, 0.717) is 5.92 Å². The first kappa shape index (κ1) is 25.0. The molecule has 0 spiro atoms. The van der Waals surface area contributed by atoms with Crippen LogP contribution in [-0.4, -0.2) is 18.1 Å². The van der Waals surface area contributed by atoms with Gasteiger partial charge in [-0.05, 0) is 57.2 Å². The number of esters is 1. The predicted molar refractivity (Wildman–Crippen MR) is 107 cm³/mol. The van der Waals surface area contributed by atoms with E-state index in [9.17, 15) is 31.3 Å². The van der Waals surface area contributed by atoms with Crippen molar-refractivity contribution < 1.29 is 45.1 Å². The van der Waals surface area contributed by atoms with Gasteiger partial charge >= 0.3 is 13.7 Å². The molecule has 6 nitrogen and oxygen atoms in total. The molecule has 2 aromatic carbocycles. The normalized spacial score (nSPS) is 16.3. The van der Waals surface area contributed by atoms with Crippen LogP contribution in [0.5, 0.6) is 11.5 Å². The summed E-state index contributed by atoms with van der Waals surface area (Å²) in [5.74, 6) is -14.1. The maximum Gasteiger partial charge on any atom is 0.513 e. The van der Waals surface area contributed by atoms with Gasteiger partial charge in [0.25, 0.3) is 0 Å². The highest BCUT2D eigenvalue weighted by molar-refractivity contribution is 7.52. The lowest BCUT2D eigenvalue weighted by atomic mass is 10.1. The topological polar surface area (TPSA) is 73.9 Å². The molecular weight excluding hydrogens is 472 g/mol. The van der Waals surface area contributed by atoms with E-state index in [0.717, 1.165) is 18.4 Å². The molecule has 2 atom stereocenters. The molecular formula is C21H21F5NO5P. The molecule has 33 heavy (non-hydrogen) atoms. The van der Waals surface area contributed by atoms with Crippen LogP contribution >= 0.6 is 7.75 Å². The SMILES string of the molecule is CC(C)OC(=O)[C@H](C)N[P@](=O)(Oc1ccc(C2CC2)cc1)Oc1c(F)c(F)c(F)c(F)c1F. The number of rotatable bonds is 9. The zero-order chi connectivity index (χ0) is 24.5. The van der Waals surface area contributed by atoms with Gasteiger partial charge < -0.3 is 13.8 Å². The van der Waals surface area contributed by atoms with Gasteiger partial charge in [-0.3, -0.25) is 4.79 Å². The second-order valence-electron chi connectivity index (χ2n) is 7.76. The molecule has 0 saturated heterocycles. The molecule has 1 N–H and O–H groups in total. The molecule has 0 bridgehead atoms. The molecule has 12 heteroatoms. The van der Waals surface area contributed by atoms with Crippen molar-refractivity contribution in [2.75, 3.05) is 0 Å². The number of benzene rings is 2. The summed E-state index contributed by atoms with van der Waals surface area (Å²) in [6.45, 7) is 4.29. The minimum atomic E-state index is -4.94. The molecule has 0 heterocycles. The van der Waals surface area contributed by atoms with Gasteiger partial charge in [-0.2, -0.15) is 13.9 Å². The van der Waals surface area contributed by atoms with Crippen LogP contribution < -0.4 is 14.1 Å². The van der Waals surface area contributed by atoms with Crippen LogP contribution in [0.15, 0.2) is 24.3 Å². The zero-order valence-corrected chi connectivity index (χ0v) is 18.7. The average Bonchev–Trinajstić information content (AvgIpc) is 3.59. The minimum absolute atomic E-state index is 0.0940. The first-order valence-electron chi connectivity index (χ1n) is 10.0. The van der Waals surface area contributed by atoms with E-state index >= 15 is 0 Å². The Morgan fingerprint density at radius 2 is 1.42 bits per heavy atom. The average molecular weight is 493 g/mol. The Kier molecular flexibility index (Phi) is 7.33. The van der Waals surface area contributed by atoms with Crippen molar-refractivity contribution in [2.24, 2.45) is 0 Å². The predicted octanol–water partition coefficient (Wildman–Crippen LogP) is 5.76. The summed E-state index contributed by atoms with van der Waals surface area (Å²) in [6.07, 6.45) is 1.48. The van der Waals surface area contributed by atoms with Crippen LogP contribution in [-0.2, 0) is 14.1 Å². The van der Waals surface area contributed by atoms with Crippen LogP contribution in [0.4, 0.5) is 22.0 Å². The van der Waals surface area contributed by atoms with Crippen molar-refractivity contribution in [2.45, 2.75) is 51.7 Å². The molecule has 180 valence electrons. The fourth-order valence-electron chi connectivity index (χ4n) is 2.84. The summed E-state index contributed by atoms with van der Waals surface area (Å²) < 4.78 is 97.1. The van der Waals surface area contributed by atoms with Gasteiger partial charge in [0.15, 0.2) is 0 Å². The highest BCUT2D eigenvalue weighted by Gasteiger charge is 2.38. The lowest BCUT2D eigenvalue weighted by Crippen LogP contribution is -2.37. The maximum absolute atomic E-state index is 14.1. The van der Waals surface area contributed by atoms with Crippen LogP contribution in [0.2, 0.25) is 0 Å². The fourth-order valence-corrected chi connectivity index (χ4v) is 4.36. The number of ether oxygens (including phenoxy) is 1. The molecule has 0 unspecified atom stereocenters. The molecule has 3 rings (SSSR count). The fraction of sp³-hybridized carbons (Fsp3) is 0.381. The van der Waals surface area contributed by atoms with Gasteiger partial charge in [0, 0.05) is 0 Å². The zero-order valence-electron chi connectivity index (χ0n) is 17.8. The maximum atomic E-state index is 14.1. The summed E-state index contributed by atoms with van der Waals surface area (Å²) in [6, 6.07) is 4.76. The van der Waals surface area contributed by atoms with E-state index in [1.165, 1.54) is 19.1 Å². The quantitative estimate of drug-likeness (QED) is 0.158.